The quantitative estimate of drug-likeness (QED) is 0.420. The van der Waals surface area contributed by atoms with Crippen LogP contribution in [0.25, 0.3) is 0 Å². The average molecular weight is 431 g/mol. The van der Waals surface area contributed by atoms with Crippen molar-refractivity contribution in [2.75, 3.05) is 21.2 Å². The van der Waals surface area contributed by atoms with Gasteiger partial charge in [-0.1, -0.05) is 34.1 Å². The summed E-state index contributed by atoms with van der Waals surface area (Å²) in [5.41, 5.74) is 5.33. The van der Waals surface area contributed by atoms with Crippen molar-refractivity contribution in [1.82, 2.24) is 15.1 Å². The number of nitrogens with zero attached hydrogens (tertiary/aromatic N) is 2. The van der Waals surface area contributed by atoms with E-state index in [1.165, 1.54) is 19.1 Å². The van der Waals surface area contributed by atoms with E-state index in [1.807, 2.05) is 13.8 Å². The molecule has 4 amide bonds. The Morgan fingerprint density at radius 3 is 1.97 bits per heavy atom. The van der Waals surface area contributed by atoms with Gasteiger partial charge in [0.2, 0.25) is 17.7 Å². The van der Waals surface area contributed by atoms with Gasteiger partial charge in [-0.25, -0.2) is 4.79 Å². The summed E-state index contributed by atoms with van der Waals surface area (Å²) in [4.78, 5) is 50.9. The van der Waals surface area contributed by atoms with Crippen LogP contribution in [0.4, 0.5) is 4.79 Å². The van der Waals surface area contributed by atoms with Crippen LogP contribution < -0.4 is 11.1 Å². The van der Waals surface area contributed by atoms with Gasteiger partial charge in [0.15, 0.2) is 0 Å². The molecule has 10 nitrogen and oxygen atoms in total. The molecular formula is C20H38N4O6. The maximum atomic E-state index is 13.1. The van der Waals surface area contributed by atoms with E-state index in [9.17, 15) is 24.3 Å². The molecule has 5 atom stereocenters. The standard InChI is InChI=1S/C20H38N4O6/c1-9-12(4)17(14(30-8)10-15(21)25)23(6)19(27)13(5)22-18(26)16(11(2)3)24(7)20(28)29/h11-14,16-17H,9-10H2,1-8H3,(H2,21,25)(H,22,26)(H,28,29)/t12-,13-,14+,16-,17?/m0/s1. The molecule has 4 N–H and O–H groups in total. The number of likely N-dealkylation sites (N-methyl/N-ethyl adjacent to an activating group) is 2. The minimum absolute atomic E-state index is 0.00714. The first kappa shape index (κ1) is 27.6. The number of hydrogen-bond acceptors (Lipinski definition) is 5. The third kappa shape index (κ3) is 7.47. The van der Waals surface area contributed by atoms with Gasteiger partial charge in [-0.2, -0.15) is 0 Å². The second kappa shape index (κ2) is 12.4. The summed E-state index contributed by atoms with van der Waals surface area (Å²) in [6, 6.07) is -2.26. The molecule has 0 bridgehead atoms. The molecule has 0 fully saturated rings. The van der Waals surface area contributed by atoms with E-state index >= 15 is 0 Å². The highest BCUT2D eigenvalue weighted by Gasteiger charge is 2.36. The van der Waals surface area contributed by atoms with Crippen LogP contribution in [-0.4, -0.2) is 84.2 Å². The maximum absolute atomic E-state index is 13.1. The van der Waals surface area contributed by atoms with Gasteiger partial charge in [-0.05, 0) is 18.8 Å². The minimum atomic E-state index is -1.23. The summed E-state index contributed by atoms with van der Waals surface area (Å²) >= 11 is 0. The number of primary amides is 1. The molecule has 0 aliphatic heterocycles. The smallest absolute Gasteiger partial charge is 0.407 e. The average Bonchev–Trinajstić information content (AvgIpc) is 2.65. The van der Waals surface area contributed by atoms with Crippen molar-refractivity contribution in [3.05, 3.63) is 0 Å². The van der Waals surface area contributed by atoms with Gasteiger partial charge >= 0.3 is 6.09 Å². The first-order valence-electron chi connectivity index (χ1n) is 10.1. The molecule has 1 unspecified atom stereocenters. The number of hydrogen-bond donors (Lipinski definition) is 3. The lowest BCUT2D eigenvalue weighted by Crippen LogP contribution is -2.58. The van der Waals surface area contributed by atoms with E-state index in [-0.39, 0.29) is 24.2 Å². The van der Waals surface area contributed by atoms with E-state index in [1.54, 1.807) is 27.8 Å². The number of amides is 4. The third-order valence-corrected chi connectivity index (χ3v) is 5.46. The van der Waals surface area contributed by atoms with E-state index in [2.05, 4.69) is 5.32 Å². The first-order valence-corrected chi connectivity index (χ1v) is 10.1. The Bertz CT molecular complexity index is 612. The lowest BCUT2D eigenvalue weighted by molar-refractivity contribution is -0.142. The lowest BCUT2D eigenvalue weighted by Gasteiger charge is -2.39. The van der Waals surface area contributed by atoms with Crippen molar-refractivity contribution >= 4 is 23.8 Å². The van der Waals surface area contributed by atoms with Crippen LogP contribution >= 0.6 is 0 Å². The minimum Gasteiger partial charge on any atom is -0.465 e. The number of nitrogens with one attached hydrogen (secondary N) is 1. The normalized spacial score (nSPS) is 16.2. The van der Waals surface area contributed by atoms with Crippen LogP contribution in [-0.2, 0) is 19.1 Å². The fraction of sp³-hybridized carbons (Fsp3) is 0.800. The summed E-state index contributed by atoms with van der Waals surface area (Å²) in [5.74, 6) is -1.74. The molecule has 0 saturated carbocycles. The highest BCUT2D eigenvalue weighted by atomic mass is 16.5. The molecule has 0 radical (unpaired) electrons. The molecule has 0 aromatic heterocycles. The number of methoxy groups -OCH3 is 1. The summed E-state index contributed by atoms with van der Waals surface area (Å²) in [5, 5.41) is 11.8. The number of ether oxygens (including phenoxy) is 1. The number of rotatable bonds is 12. The molecule has 0 aromatic rings. The van der Waals surface area contributed by atoms with E-state index < -0.39 is 42.1 Å². The Balaban J connectivity index is 5.54. The van der Waals surface area contributed by atoms with Crippen molar-refractivity contribution in [2.45, 2.75) is 71.7 Å². The molecule has 0 aliphatic rings. The van der Waals surface area contributed by atoms with Crippen LogP contribution in [0.15, 0.2) is 0 Å². The van der Waals surface area contributed by atoms with Crippen molar-refractivity contribution in [3.8, 4) is 0 Å². The van der Waals surface area contributed by atoms with E-state index in [0.717, 1.165) is 11.3 Å². The summed E-state index contributed by atoms with van der Waals surface area (Å²) < 4.78 is 5.45. The van der Waals surface area contributed by atoms with Crippen molar-refractivity contribution < 1.29 is 29.0 Å². The molecule has 0 rings (SSSR count). The van der Waals surface area contributed by atoms with Gasteiger partial charge in [0.25, 0.3) is 0 Å². The zero-order chi connectivity index (χ0) is 23.8. The van der Waals surface area contributed by atoms with Crippen molar-refractivity contribution in [1.29, 1.82) is 0 Å². The largest absolute Gasteiger partial charge is 0.465 e. The molecule has 174 valence electrons. The molecule has 0 aliphatic carbocycles. The van der Waals surface area contributed by atoms with Crippen molar-refractivity contribution in [3.63, 3.8) is 0 Å². The fourth-order valence-corrected chi connectivity index (χ4v) is 3.64. The summed E-state index contributed by atoms with van der Waals surface area (Å²) in [6.45, 7) is 8.91. The Morgan fingerprint density at radius 2 is 1.60 bits per heavy atom. The lowest BCUT2D eigenvalue weighted by atomic mass is 9.90. The topological polar surface area (TPSA) is 142 Å². The summed E-state index contributed by atoms with van der Waals surface area (Å²) in [7, 11) is 4.37. The van der Waals surface area contributed by atoms with Gasteiger partial charge in [0.1, 0.15) is 12.1 Å². The Hall–Kier alpha value is -2.36. The molecular weight excluding hydrogens is 392 g/mol. The zero-order valence-electron chi connectivity index (χ0n) is 19.3. The van der Waals surface area contributed by atoms with E-state index in [4.69, 9.17) is 10.5 Å². The molecule has 30 heavy (non-hydrogen) atoms. The van der Waals surface area contributed by atoms with Crippen LogP contribution in [0.5, 0.6) is 0 Å². The van der Waals surface area contributed by atoms with Gasteiger partial charge in [0.05, 0.1) is 18.6 Å². The third-order valence-electron chi connectivity index (χ3n) is 5.46. The Kier molecular flexibility index (Phi) is 11.4. The van der Waals surface area contributed by atoms with Gasteiger partial charge < -0.3 is 25.8 Å². The highest BCUT2D eigenvalue weighted by Crippen LogP contribution is 2.22. The highest BCUT2D eigenvalue weighted by molar-refractivity contribution is 5.91. The maximum Gasteiger partial charge on any atom is 0.407 e. The number of carboxylic acid groups (broad SMARTS) is 1. The van der Waals surface area contributed by atoms with Crippen LogP contribution in [0, 0.1) is 11.8 Å². The van der Waals surface area contributed by atoms with Crippen molar-refractivity contribution in [2.24, 2.45) is 17.6 Å². The fourth-order valence-electron chi connectivity index (χ4n) is 3.64. The first-order chi connectivity index (χ1) is 13.8. The van der Waals surface area contributed by atoms with Gasteiger partial charge in [-0.3, -0.25) is 19.3 Å². The number of carbonyl (C=O) groups is 4. The summed E-state index contributed by atoms with van der Waals surface area (Å²) in [6.07, 6.45) is -1.12. The van der Waals surface area contributed by atoms with Crippen LogP contribution in [0.2, 0.25) is 0 Å². The molecule has 0 saturated heterocycles. The molecule has 0 spiro atoms. The SMILES string of the molecule is CC[C@H](C)C([C@@H](CC(N)=O)OC)N(C)C(=O)[C@H](C)NC(=O)[C@H](C(C)C)N(C)C(=O)O. The van der Waals surface area contributed by atoms with Crippen LogP contribution in [0.3, 0.4) is 0 Å². The van der Waals surface area contributed by atoms with Crippen LogP contribution in [0.1, 0.15) is 47.5 Å². The second-order valence-electron chi connectivity index (χ2n) is 8.08. The van der Waals surface area contributed by atoms with Gasteiger partial charge in [0, 0.05) is 21.2 Å². The number of nitrogens with two attached hydrogens (primary N) is 1. The molecule has 10 heteroatoms. The van der Waals surface area contributed by atoms with E-state index in [0.29, 0.717) is 0 Å². The number of carbonyl (C=O) groups excluding carboxylic acids is 3. The predicted octanol–water partition coefficient (Wildman–Crippen LogP) is 0.889. The van der Waals surface area contributed by atoms with Gasteiger partial charge in [-0.15, -0.1) is 0 Å². The monoisotopic (exact) mass is 430 g/mol. The molecule has 0 aromatic carbocycles. The predicted molar refractivity (Wildman–Crippen MR) is 113 cm³/mol. The molecule has 0 heterocycles. The Labute approximate surface area is 179 Å². The zero-order valence-corrected chi connectivity index (χ0v) is 19.3. The second-order valence-corrected chi connectivity index (χ2v) is 8.08. The Morgan fingerprint density at radius 1 is 1.07 bits per heavy atom.